The second-order valence-electron chi connectivity index (χ2n) is 12.1. The second kappa shape index (κ2) is 16.5. The van der Waals surface area contributed by atoms with Gasteiger partial charge in [0.15, 0.2) is 17.3 Å². The molecule has 3 aliphatic heterocycles. The minimum atomic E-state index is -1.10. The summed E-state index contributed by atoms with van der Waals surface area (Å²) in [6.07, 6.45) is 0.213. The minimum absolute atomic E-state index is 0.0196. The number of ether oxygens (including phenoxy) is 7. The standard InChI is InChI=1S/C34H43N3O11/c1-22(31(39)42-2)37-30(38)13-11-25-16-27(46-33(41)36-19-24-10-12-28-29(15-24)45-21-44-28)17-34(47-25)14-6-9-26(48-34)20-43-32(40)35-18-23-7-4-3-5-8-23/h3-5,7-8,10,12,15,22,25-27H,6,9,11,13-14,16-21H2,1-2H3,(H,35,40)(H,36,41)(H,37,38)/t22-,25+,26+,27+,34-/m0/s1. The minimum Gasteiger partial charge on any atom is -0.467 e. The lowest BCUT2D eigenvalue weighted by Gasteiger charge is -2.47. The molecule has 5 rings (SSSR count). The number of benzene rings is 2. The lowest BCUT2D eigenvalue weighted by atomic mass is 9.90. The van der Waals surface area contributed by atoms with Crippen molar-refractivity contribution in [3.8, 4) is 11.5 Å². The molecule has 3 N–H and O–H groups in total. The molecule has 3 heterocycles. The van der Waals surface area contributed by atoms with Gasteiger partial charge in [0.25, 0.3) is 0 Å². The Kier molecular flexibility index (Phi) is 12.0. The van der Waals surface area contributed by atoms with Crippen LogP contribution in [0.3, 0.4) is 0 Å². The number of carbonyl (C=O) groups excluding carboxylic acids is 4. The summed E-state index contributed by atoms with van der Waals surface area (Å²) < 4.78 is 39.7. The van der Waals surface area contributed by atoms with Crippen LogP contribution in [-0.4, -0.2) is 74.7 Å². The van der Waals surface area contributed by atoms with Crippen molar-refractivity contribution in [3.05, 3.63) is 59.7 Å². The molecule has 3 aliphatic rings. The third-order valence-corrected chi connectivity index (χ3v) is 8.36. The molecule has 1 spiro atoms. The van der Waals surface area contributed by atoms with Gasteiger partial charge in [-0.1, -0.05) is 36.4 Å². The first-order valence-electron chi connectivity index (χ1n) is 16.2. The maximum atomic E-state index is 12.9. The molecule has 3 amide bonds. The summed E-state index contributed by atoms with van der Waals surface area (Å²) in [5, 5.41) is 8.15. The number of esters is 1. The van der Waals surface area contributed by atoms with Crippen LogP contribution in [0.1, 0.15) is 63.0 Å². The van der Waals surface area contributed by atoms with E-state index in [4.69, 9.17) is 28.4 Å². The number of hydrogen-bond acceptors (Lipinski definition) is 11. The van der Waals surface area contributed by atoms with Crippen molar-refractivity contribution in [3.63, 3.8) is 0 Å². The van der Waals surface area contributed by atoms with E-state index in [9.17, 15) is 19.2 Å². The number of carbonyl (C=O) groups is 4. The maximum Gasteiger partial charge on any atom is 0.407 e. The Hall–Kier alpha value is -4.56. The normalized spacial score (nSPS) is 23.4. The Balaban J connectivity index is 1.17. The van der Waals surface area contributed by atoms with Gasteiger partial charge in [0, 0.05) is 38.8 Å². The highest BCUT2D eigenvalue weighted by molar-refractivity contribution is 5.84. The quantitative estimate of drug-likeness (QED) is 0.222. The van der Waals surface area contributed by atoms with Gasteiger partial charge in [0.2, 0.25) is 12.7 Å². The van der Waals surface area contributed by atoms with E-state index in [1.54, 1.807) is 19.1 Å². The molecule has 2 saturated heterocycles. The van der Waals surface area contributed by atoms with Crippen LogP contribution in [0, 0.1) is 0 Å². The molecule has 0 aromatic heterocycles. The van der Waals surface area contributed by atoms with Crippen molar-refractivity contribution >= 4 is 24.1 Å². The molecule has 0 radical (unpaired) electrons. The predicted molar refractivity (Wildman–Crippen MR) is 169 cm³/mol. The average Bonchev–Trinajstić information content (AvgIpc) is 3.56. The van der Waals surface area contributed by atoms with Crippen LogP contribution in [0.25, 0.3) is 0 Å². The lowest BCUT2D eigenvalue weighted by molar-refractivity contribution is -0.329. The maximum absolute atomic E-state index is 12.9. The Morgan fingerprint density at radius 3 is 2.50 bits per heavy atom. The Morgan fingerprint density at radius 1 is 0.938 bits per heavy atom. The Bertz CT molecular complexity index is 1420. The monoisotopic (exact) mass is 669 g/mol. The SMILES string of the molecule is COC(=O)[C@H](C)NC(=O)CC[C@@H]1C[C@@H](OC(=O)NCc2ccc3c(c2)OCO3)C[C@@]2(CCC[C@H](COC(=O)NCc3ccccc3)O2)O1. The lowest BCUT2D eigenvalue weighted by Crippen LogP contribution is -2.53. The fourth-order valence-electron chi connectivity index (χ4n) is 6.01. The molecule has 2 fully saturated rings. The van der Waals surface area contributed by atoms with E-state index in [2.05, 4.69) is 20.7 Å². The van der Waals surface area contributed by atoms with E-state index in [1.165, 1.54) is 7.11 Å². The van der Waals surface area contributed by atoms with E-state index < -0.39 is 48.3 Å². The van der Waals surface area contributed by atoms with Crippen LogP contribution in [0.2, 0.25) is 0 Å². The summed E-state index contributed by atoms with van der Waals surface area (Å²) in [6, 6.07) is 14.1. The molecular formula is C34H43N3O11. The van der Waals surface area contributed by atoms with Crippen LogP contribution in [-0.2, 0) is 46.4 Å². The van der Waals surface area contributed by atoms with Crippen molar-refractivity contribution in [2.75, 3.05) is 20.5 Å². The Labute approximate surface area is 279 Å². The second-order valence-corrected chi connectivity index (χ2v) is 12.1. The first-order chi connectivity index (χ1) is 23.2. The van der Waals surface area contributed by atoms with Crippen molar-refractivity contribution in [2.45, 2.75) is 95.1 Å². The van der Waals surface area contributed by atoms with E-state index >= 15 is 0 Å². The third kappa shape index (κ3) is 9.97. The molecule has 5 atom stereocenters. The third-order valence-electron chi connectivity index (χ3n) is 8.36. The molecule has 14 nitrogen and oxygen atoms in total. The van der Waals surface area contributed by atoms with Gasteiger partial charge in [0.1, 0.15) is 18.8 Å². The summed E-state index contributed by atoms with van der Waals surface area (Å²) in [5.41, 5.74) is 1.76. The van der Waals surface area contributed by atoms with Gasteiger partial charge in [-0.05, 0) is 49.4 Å². The highest BCUT2D eigenvalue weighted by atomic mass is 16.7. The van der Waals surface area contributed by atoms with E-state index in [0.29, 0.717) is 43.7 Å². The fraction of sp³-hybridized carbons (Fsp3) is 0.529. The zero-order valence-electron chi connectivity index (χ0n) is 27.2. The van der Waals surface area contributed by atoms with Crippen molar-refractivity contribution < 1.29 is 52.3 Å². The molecule has 0 aliphatic carbocycles. The highest BCUT2D eigenvalue weighted by Crippen LogP contribution is 2.41. The molecule has 0 saturated carbocycles. The largest absolute Gasteiger partial charge is 0.467 e. The van der Waals surface area contributed by atoms with Gasteiger partial charge < -0.3 is 49.1 Å². The van der Waals surface area contributed by atoms with Crippen molar-refractivity contribution in [1.29, 1.82) is 0 Å². The topological polar surface area (TPSA) is 169 Å². The fourth-order valence-corrected chi connectivity index (χ4v) is 6.01. The number of alkyl carbamates (subject to hydrolysis) is 2. The van der Waals surface area contributed by atoms with Crippen molar-refractivity contribution in [2.24, 2.45) is 0 Å². The van der Waals surface area contributed by atoms with Crippen LogP contribution in [0.4, 0.5) is 9.59 Å². The number of hydrogen-bond donors (Lipinski definition) is 3. The number of nitrogens with one attached hydrogen (secondary N) is 3. The number of fused-ring (bicyclic) bond motifs is 1. The average molecular weight is 670 g/mol. The van der Waals surface area contributed by atoms with Crippen LogP contribution in [0.15, 0.2) is 48.5 Å². The summed E-state index contributed by atoms with van der Waals surface area (Å²) in [4.78, 5) is 49.7. The van der Waals surface area contributed by atoms with Gasteiger partial charge in [-0.2, -0.15) is 0 Å². The van der Waals surface area contributed by atoms with Crippen molar-refractivity contribution in [1.82, 2.24) is 16.0 Å². The van der Waals surface area contributed by atoms with E-state index in [1.807, 2.05) is 36.4 Å². The van der Waals surface area contributed by atoms with Gasteiger partial charge in [-0.15, -0.1) is 0 Å². The van der Waals surface area contributed by atoms with Gasteiger partial charge in [-0.25, -0.2) is 14.4 Å². The highest BCUT2D eigenvalue weighted by Gasteiger charge is 2.47. The molecule has 2 aromatic carbocycles. The van der Waals surface area contributed by atoms with Crippen LogP contribution in [0.5, 0.6) is 11.5 Å². The van der Waals surface area contributed by atoms with Gasteiger partial charge >= 0.3 is 18.2 Å². The number of methoxy groups -OCH3 is 1. The van der Waals surface area contributed by atoms with Crippen LogP contribution < -0.4 is 25.4 Å². The smallest absolute Gasteiger partial charge is 0.407 e. The number of amides is 3. The molecule has 260 valence electrons. The molecule has 2 aromatic rings. The zero-order valence-corrected chi connectivity index (χ0v) is 27.2. The first kappa shape index (κ1) is 34.8. The predicted octanol–water partition coefficient (Wildman–Crippen LogP) is 3.84. The zero-order chi connectivity index (χ0) is 33.9. The molecular weight excluding hydrogens is 626 g/mol. The number of rotatable bonds is 12. The molecule has 0 bridgehead atoms. The summed E-state index contributed by atoms with van der Waals surface area (Å²) in [5.74, 6) is -0.726. The Morgan fingerprint density at radius 2 is 1.69 bits per heavy atom. The molecule has 48 heavy (non-hydrogen) atoms. The molecule has 0 unspecified atom stereocenters. The molecule has 14 heteroatoms. The van der Waals surface area contributed by atoms with E-state index in [0.717, 1.165) is 17.5 Å². The van der Waals surface area contributed by atoms with E-state index in [-0.39, 0.29) is 38.7 Å². The summed E-state index contributed by atoms with van der Waals surface area (Å²) in [6.45, 7) is 2.27. The first-order valence-corrected chi connectivity index (χ1v) is 16.2. The van der Waals surface area contributed by atoms with Gasteiger partial charge in [-0.3, -0.25) is 4.79 Å². The summed E-state index contributed by atoms with van der Waals surface area (Å²) in [7, 11) is 1.26. The van der Waals surface area contributed by atoms with Crippen LogP contribution >= 0.6 is 0 Å². The van der Waals surface area contributed by atoms with Gasteiger partial charge in [0.05, 0.1) is 19.3 Å². The summed E-state index contributed by atoms with van der Waals surface area (Å²) >= 11 is 0.